The summed E-state index contributed by atoms with van der Waals surface area (Å²) in [7, 11) is 0. The Morgan fingerprint density at radius 1 is 1.10 bits per heavy atom. The van der Waals surface area contributed by atoms with Gasteiger partial charge >= 0.3 is 0 Å². The number of hydrogen-bond donors (Lipinski definition) is 1. The van der Waals surface area contributed by atoms with Gasteiger partial charge in [0.25, 0.3) is 0 Å². The van der Waals surface area contributed by atoms with Crippen molar-refractivity contribution in [2.45, 2.75) is 52.9 Å². The molecule has 1 N–H and O–H groups in total. The van der Waals surface area contributed by atoms with Crippen LogP contribution < -0.4 is 9.64 Å². The fourth-order valence-electron chi connectivity index (χ4n) is 4.64. The van der Waals surface area contributed by atoms with Crippen LogP contribution in [0.4, 0.5) is 5.69 Å². The lowest BCUT2D eigenvalue weighted by molar-refractivity contribution is 0.359. The van der Waals surface area contributed by atoms with Crippen molar-refractivity contribution in [2.75, 3.05) is 11.5 Å². The van der Waals surface area contributed by atoms with Crippen molar-refractivity contribution in [2.24, 2.45) is 0 Å². The van der Waals surface area contributed by atoms with Gasteiger partial charge in [-0.1, -0.05) is 60.7 Å². The number of aliphatic hydroxyl groups excluding tert-OH is 1. The third-order valence-electron chi connectivity index (χ3n) is 5.89. The molecule has 2 aliphatic rings. The Morgan fingerprint density at radius 3 is 2.55 bits per heavy atom. The van der Waals surface area contributed by atoms with Gasteiger partial charge in [0, 0.05) is 10.6 Å². The zero-order chi connectivity index (χ0) is 22.0. The van der Waals surface area contributed by atoms with Crippen LogP contribution in [0.5, 0.6) is 5.75 Å². The molecule has 1 aliphatic heterocycles. The van der Waals surface area contributed by atoms with Gasteiger partial charge in [0.05, 0.1) is 11.3 Å². The van der Waals surface area contributed by atoms with E-state index in [4.69, 9.17) is 4.74 Å². The number of hydrogen-bond acceptors (Lipinski definition) is 4. The van der Waals surface area contributed by atoms with Crippen molar-refractivity contribution in [1.82, 2.24) is 0 Å². The van der Waals surface area contributed by atoms with E-state index in [2.05, 4.69) is 44.4 Å². The lowest BCUT2D eigenvalue weighted by Crippen LogP contribution is -2.20. The number of aliphatic hydroxyl groups is 1. The molecule has 0 radical (unpaired) electrons. The molecule has 31 heavy (non-hydrogen) atoms. The Hall–Kier alpha value is -2.59. The average molecular weight is 434 g/mol. The molecule has 2 aromatic rings. The summed E-state index contributed by atoms with van der Waals surface area (Å²) in [5.74, 6) is 0.949. The van der Waals surface area contributed by atoms with Gasteiger partial charge < -0.3 is 14.7 Å². The van der Waals surface area contributed by atoms with Gasteiger partial charge in [0.15, 0.2) is 5.76 Å². The molecule has 0 unspecified atom stereocenters. The number of allylic oxidation sites excluding steroid dienone is 2. The van der Waals surface area contributed by atoms with Gasteiger partial charge in [-0.2, -0.15) is 0 Å². The molecule has 3 nitrogen and oxygen atoms in total. The van der Waals surface area contributed by atoms with Gasteiger partial charge in [0.2, 0.25) is 0 Å². The van der Waals surface area contributed by atoms with E-state index in [9.17, 15) is 5.11 Å². The van der Waals surface area contributed by atoms with Crippen molar-refractivity contribution in [3.63, 3.8) is 0 Å². The first-order valence-electron chi connectivity index (χ1n) is 11.1. The Bertz CT molecular complexity index is 1040. The SMILES string of the molecule is C=CCOc1ccccc1/C(O)=C1\SC2=C(CCCCC2)N1c1c(C)cc(C)cc1C. The molecule has 4 rings (SSSR count). The van der Waals surface area contributed by atoms with Crippen LogP contribution in [0, 0.1) is 20.8 Å². The van der Waals surface area contributed by atoms with Gasteiger partial charge in [-0.05, 0) is 69.7 Å². The van der Waals surface area contributed by atoms with E-state index in [1.165, 1.54) is 52.2 Å². The zero-order valence-electron chi connectivity index (χ0n) is 18.7. The first kappa shape index (κ1) is 21.6. The molecule has 0 bridgehead atoms. The molecule has 2 aromatic carbocycles. The second kappa shape index (κ2) is 9.27. The molecule has 0 amide bonds. The third kappa shape index (κ3) is 4.27. The number of ether oxygens (including phenoxy) is 1. The van der Waals surface area contributed by atoms with Gasteiger partial charge in [0.1, 0.15) is 17.4 Å². The van der Waals surface area contributed by atoms with Crippen LogP contribution in [0.15, 0.2) is 64.7 Å². The Labute approximate surface area is 190 Å². The van der Waals surface area contributed by atoms with Crippen LogP contribution in [-0.4, -0.2) is 11.7 Å². The molecular weight excluding hydrogens is 402 g/mol. The minimum absolute atomic E-state index is 0.275. The molecule has 0 spiro atoms. The van der Waals surface area contributed by atoms with Crippen molar-refractivity contribution >= 4 is 23.2 Å². The summed E-state index contributed by atoms with van der Waals surface area (Å²) in [5.41, 5.74) is 6.99. The first-order valence-corrected chi connectivity index (χ1v) is 11.9. The van der Waals surface area contributed by atoms with E-state index in [1.807, 2.05) is 24.3 Å². The van der Waals surface area contributed by atoms with Crippen LogP contribution in [-0.2, 0) is 0 Å². The number of rotatable bonds is 5. The topological polar surface area (TPSA) is 32.7 Å². The minimum Gasteiger partial charge on any atom is -0.504 e. The number of anilines is 1. The largest absolute Gasteiger partial charge is 0.504 e. The highest BCUT2D eigenvalue weighted by atomic mass is 32.2. The van der Waals surface area contributed by atoms with Crippen LogP contribution >= 0.6 is 11.8 Å². The van der Waals surface area contributed by atoms with E-state index in [1.54, 1.807) is 17.8 Å². The summed E-state index contributed by atoms with van der Waals surface area (Å²) in [4.78, 5) is 3.72. The number of nitrogens with zero attached hydrogens (tertiary/aromatic N) is 1. The third-order valence-corrected chi connectivity index (χ3v) is 7.15. The quantitative estimate of drug-likeness (QED) is 0.385. The fourth-order valence-corrected chi connectivity index (χ4v) is 5.93. The molecule has 162 valence electrons. The summed E-state index contributed by atoms with van der Waals surface area (Å²) in [6, 6.07) is 12.2. The predicted octanol–water partition coefficient (Wildman–Crippen LogP) is 7.79. The fraction of sp³-hybridized carbons (Fsp3) is 0.333. The maximum absolute atomic E-state index is 11.6. The molecular formula is C27H31NO2S. The summed E-state index contributed by atoms with van der Waals surface area (Å²) >= 11 is 1.73. The summed E-state index contributed by atoms with van der Waals surface area (Å²) in [5, 5.41) is 12.5. The highest BCUT2D eigenvalue weighted by Crippen LogP contribution is 2.52. The van der Waals surface area contributed by atoms with Crippen molar-refractivity contribution in [3.8, 4) is 5.75 Å². The zero-order valence-corrected chi connectivity index (χ0v) is 19.5. The van der Waals surface area contributed by atoms with E-state index >= 15 is 0 Å². The van der Waals surface area contributed by atoms with Crippen LogP contribution in [0.2, 0.25) is 0 Å². The number of aryl methyl sites for hydroxylation is 3. The number of thioether (sulfide) groups is 1. The average Bonchev–Trinajstić information content (AvgIpc) is 2.93. The van der Waals surface area contributed by atoms with Gasteiger partial charge in [-0.15, -0.1) is 0 Å². The smallest absolute Gasteiger partial charge is 0.157 e. The molecule has 1 aliphatic carbocycles. The maximum Gasteiger partial charge on any atom is 0.157 e. The highest BCUT2D eigenvalue weighted by molar-refractivity contribution is 8.07. The summed E-state index contributed by atoms with van der Waals surface area (Å²) in [6.07, 6.45) is 7.49. The normalized spacial score (nSPS) is 18.0. The predicted molar refractivity (Wildman–Crippen MR) is 133 cm³/mol. The molecule has 0 atom stereocenters. The van der Waals surface area contributed by atoms with Crippen molar-refractivity contribution in [3.05, 3.63) is 86.9 Å². The van der Waals surface area contributed by atoms with Gasteiger partial charge in [-0.25, -0.2) is 0 Å². The number of benzene rings is 2. The van der Waals surface area contributed by atoms with E-state index < -0.39 is 0 Å². The Balaban J connectivity index is 1.89. The number of para-hydroxylation sites is 1. The van der Waals surface area contributed by atoms with E-state index in [0.717, 1.165) is 23.4 Å². The first-order chi connectivity index (χ1) is 15.0. The van der Waals surface area contributed by atoms with E-state index in [0.29, 0.717) is 12.4 Å². The Kier molecular flexibility index (Phi) is 6.47. The lowest BCUT2D eigenvalue weighted by atomic mass is 10.0. The molecule has 0 saturated heterocycles. The molecule has 1 heterocycles. The maximum atomic E-state index is 11.6. The summed E-state index contributed by atoms with van der Waals surface area (Å²) < 4.78 is 5.86. The lowest BCUT2D eigenvalue weighted by Gasteiger charge is -2.28. The second-order valence-corrected chi connectivity index (χ2v) is 9.45. The summed E-state index contributed by atoms with van der Waals surface area (Å²) in [6.45, 7) is 10.6. The van der Waals surface area contributed by atoms with Crippen molar-refractivity contribution in [1.29, 1.82) is 0 Å². The van der Waals surface area contributed by atoms with Crippen LogP contribution in [0.3, 0.4) is 0 Å². The molecule has 0 saturated carbocycles. The van der Waals surface area contributed by atoms with Gasteiger partial charge in [-0.3, -0.25) is 0 Å². The standard InChI is InChI=1S/C27H31NO2S/c1-5-15-30-23-13-10-9-11-21(23)26(29)27-28(22-12-7-6-8-14-24(22)31-27)25-19(3)16-18(2)17-20(25)4/h5,9-11,13,16-17,29H,1,6-8,12,14-15H2,2-4H3/b27-26+. The van der Waals surface area contributed by atoms with Crippen LogP contribution in [0.25, 0.3) is 5.76 Å². The second-order valence-electron chi connectivity index (χ2n) is 8.36. The molecule has 4 heteroatoms. The van der Waals surface area contributed by atoms with Crippen molar-refractivity contribution < 1.29 is 9.84 Å². The molecule has 0 aromatic heterocycles. The minimum atomic E-state index is 0.275. The van der Waals surface area contributed by atoms with Crippen LogP contribution in [0.1, 0.15) is 54.4 Å². The molecule has 0 fully saturated rings. The monoisotopic (exact) mass is 433 g/mol. The Morgan fingerprint density at radius 2 is 1.81 bits per heavy atom. The van der Waals surface area contributed by atoms with E-state index in [-0.39, 0.29) is 5.76 Å². The highest BCUT2D eigenvalue weighted by Gasteiger charge is 2.34.